The van der Waals surface area contributed by atoms with Gasteiger partial charge < -0.3 is 24.2 Å². The smallest absolute Gasteiger partial charge is 0.171 e. The van der Waals surface area contributed by atoms with Gasteiger partial charge in [-0.3, -0.25) is 0 Å². The molecule has 1 heterocycles. The number of rotatable bonds is 4. The molecule has 2 aliphatic rings. The van der Waals surface area contributed by atoms with Gasteiger partial charge in [-0.1, -0.05) is 26.0 Å². The van der Waals surface area contributed by atoms with Crippen molar-refractivity contribution in [1.29, 1.82) is 0 Å². The van der Waals surface area contributed by atoms with Gasteiger partial charge in [0.15, 0.2) is 5.79 Å². The van der Waals surface area contributed by atoms with Crippen LogP contribution in [0, 0.1) is 11.3 Å². The molecule has 2 atom stereocenters. The van der Waals surface area contributed by atoms with E-state index in [2.05, 4.69) is 18.7 Å². The Balaban J connectivity index is 1.92. The van der Waals surface area contributed by atoms with Gasteiger partial charge in [0.2, 0.25) is 0 Å². The van der Waals surface area contributed by atoms with Crippen LogP contribution in [0.2, 0.25) is 0 Å². The lowest BCUT2D eigenvalue weighted by molar-refractivity contribution is -0.336. The number of aliphatic hydroxyl groups is 1. The number of hydrogen-bond donors (Lipinski definition) is 1. The van der Waals surface area contributed by atoms with Crippen LogP contribution < -0.4 is 4.74 Å². The Morgan fingerprint density at radius 3 is 2.54 bits per heavy atom. The van der Waals surface area contributed by atoms with Crippen molar-refractivity contribution in [2.24, 2.45) is 11.3 Å². The molecule has 0 bridgehead atoms. The SMILES string of the molecule is COc1cccc([C@]2(O)CC3(CC[C@@H]2CN(C)C)OCC(C)(C)CO3)c1. The first-order valence-electron chi connectivity index (χ1n) is 9.48. The van der Waals surface area contributed by atoms with Gasteiger partial charge in [-0.25, -0.2) is 0 Å². The summed E-state index contributed by atoms with van der Waals surface area (Å²) in [6.45, 7) is 6.41. The molecule has 1 N–H and O–H groups in total. The molecule has 1 aromatic carbocycles. The standard InChI is InChI=1S/C21H33NO4/c1-19(2)14-25-20(26-15-19)10-9-17(12-22(3)4)21(23,13-20)16-7-6-8-18(11-16)24-5/h6-8,11,17,23H,9-10,12-15H2,1-5H3/t17-,21-/m1/s1. The Labute approximate surface area is 157 Å². The van der Waals surface area contributed by atoms with E-state index in [9.17, 15) is 5.11 Å². The molecule has 0 aromatic heterocycles. The number of hydrogen-bond acceptors (Lipinski definition) is 5. The average molecular weight is 363 g/mol. The van der Waals surface area contributed by atoms with E-state index in [4.69, 9.17) is 14.2 Å². The normalized spacial score (nSPS) is 30.5. The maximum atomic E-state index is 11.9. The fourth-order valence-corrected chi connectivity index (χ4v) is 4.17. The molecule has 1 aliphatic carbocycles. The topological polar surface area (TPSA) is 51.2 Å². The van der Waals surface area contributed by atoms with Crippen LogP contribution in [0.5, 0.6) is 5.75 Å². The molecule has 5 nitrogen and oxygen atoms in total. The van der Waals surface area contributed by atoms with Gasteiger partial charge >= 0.3 is 0 Å². The van der Waals surface area contributed by atoms with E-state index in [0.717, 1.165) is 30.7 Å². The Morgan fingerprint density at radius 2 is 1.92 bits per heavy atom. The molecule has 0 amide bonds. The minimum absolute atomic E-state index is 0.0137. The zero-order chi connectivity index (χ0) is 19.0. The summed E-state index contributed by atoms with van der Waals surface area (Å²) in [5, 5.41) is 11.9. The molecule has 146 valence electrons. The van der Waals surface area contributed by atoms with Crippen molar-refractivity contribution in [3.05, 3.63) is 29.8 Å². The quantitative estimate of drug-likeness (QED) is 0.891. The van der Waals surface area contributed by atoms with E-state index in [1.807, 2.05) is 38.4 Å². The highest BCUT2D eigenvalue weighted by atomic mass is 16.7. The van der Waals surface area contributed by atoms with Crippen molar-refractivity contribution >= 4 is 0 Å². The summed E-state index contributed by atoms with van der Waals surface area (Å²) in [6, 6.07) is 7.76. The lowest BCUT2D eigenvalue weighted by atomic mass is 9.68. The molecule has 1 spiro atoms. The van der Waals surface area contributed by atoms with Gasteiger partial charge in [0.1, 0.15) is 5.75 Å². The molecule has 3 rings (SSSR count). The van der Waals surface area contributed by atoms with Crippen molar-refractivity contribution in [1.82, 2.24) is 4.90 Å². The molecule has 1 aromatic rings. The average Bonchev–Trinajstić information content (AvgIpc) is 2.60. The molecule has 1 aliphatic heterocycles. The summed E-state index contributed by atoms with van der Waals surface area (Å²) in [5.74, 6) is 0.166. The van der Waals surface area contributed by atoms with Crippen molar-refractivity contribution < 1.29 is 19.3 Å². The summed E-state index contributed by atoms with van der Waals surface area (Å²) in [4.78, 5) is 2.14. The van der Waals surface area contributed by atoms with Crippen LogP contribution in [-0.4, -0.2) is 56.8 Å². The number of methoxy groups -OCH3 is 1. The third kappa shape index (κ3) is 3.91. The largest absolute Gasteiger partial charge is 0.497 e. The lowest BCUT2D eigenvalue weighted by Gasteiger charge is -2.53. The molecule has 5 heteroatoms. The third-order valence-corrected chi connectivity index (χ3v) is 5.69. The van der Waals surface area contributed by atoms with Gasteiger partial charge in [0.25, 0.3) is 0 Å². The molecule has 2 fully saturated rings. The van der Waals surface area contributed by atoms with E-state index in [1.165, 1.54) is 0 Å². The van der Waals surface area contributed by atoms with Crippen LogP contribution in [0.3, 0.4) is 0 Å². The highest BCUT2D eigenvalue weighted by Gasteiger charge is 2.54. The monoisotopic (exact) mass is 363 g/mol. The van der Waals surface area contributed by atoms with Crippen LogP contribution in [0.4, 0.5) is 0 Å². The summed E-state index contributed by atoms with van der Waals surface area (Å²) in [7, 11) is 5.75. The predicted molar refractivity (Wildman–Crippen MR) is 101 cm³/mol. The molecular weight excluding hydrogens is 330 g/mol. The van der Waals surface area contributed by atoms with E-state index in [-0.39, 0.29) is 11.3 Å². The van der Waals surface area contributed by atoms with Crippen LogP contribution in [-0.2, 0) is 15.1 Å². The summed E-state index contributed by atoms with van der Waals surface area (Å²) < 4.78 is 17.8. The second-order valence-corrected chi connectivity index (χ2v) is 8.98. The lowest BCUT2D eigenvalue weighted by Crippen LogP contribution is -2.57. The molecule has 26 heavy (non-hydrogen) atoms. The fraction of sp³-hybridized carbons (Fsp3) is 0.714. The Bertz CT molecular complexity index is 620. The Morgan fingerprint density at radius 1 is 1.23 bits per heavy atom. The van der Waals surface area contributed by atoms with E-state index < -0.39 is 11.4 Å². The van der Waals surface area contributed by atoms with Crippen LogP contribution >= 0.6 is 0 Å². The molecular formula is C21H33NO4. The van der Waals surface area contributed by atoms with Crippen LogP contribution in [0.25, 0.3) is 0 Å². The summed E-state index contributed by atoms with van der Waals surface area (Å²) in [5.41, 5.74) is -0.127. The first-order chi connectivity index (χ1) is 12.2. The van der Waals surface area contributed by atoms with Gasteiger partial charge in [-0.2, -0.15) is 0 Å². The van der Waals surface area contributed by atoms with Gasteiger partial charge in [-0.15, -0.1) is 0 Å². The van der Waals surface area contributed by atoms with E-state index in [1.54, 1.807) is 7.11 Å². The number of nitrogens with zero attached hydrogens (tertiary/aromatic N) is 1. The number of ether oxygens (including phenoxy) is 3. The fourth-order valence-electron chi connectivity index (χ4n) is 4.17. The minimum atomic E-state index is -1.02. The maximum absolute atomic E-state index is 11.9. The summed E-state index contributed by atoms with van der Waals surface area (Å²) >= 11 is 0. The second kappa shape index (κ2) is 7.12. The van der Waals surface area contributed by atoms with Crippen molar-refractivity contribution in [2.75, 3.05) is 41.0 Å². The minimum Gasteiger partial charge on any atom is -0.497 e. The predicted octanol–water partition coefficient (Wildman–Crippen LogP) is 3.01. The molecule has 0 radical (unpaired) electrons. The van der Waals surface area contributed by atoms with E-state index >= 15 is 0 Å². The third-order valence-electron chi connectivity index (χ3n) is 5.69. The van der Waals surface area contributed by atoms with Gasteiger partial charge in [-0.05, 0) is 38.2 Å². The van der Waals surface area contributed by atoms with Crippen LogP contribution in [0.15, 0.2) is 24.3 Å². The first kappa shape index (κ1) is 19.6. The Hall–Kier alpha value is -1.14. The van der Waals surface area contributed by atoms with E-state index in [0.29, 0.717) is 19.6 Å². The molecule has 1 saturated carbocycles. The maximum Gasteiger partial charge on any atom is 0.171 e. The zero-order valence-corrected chi connectivity index (χ0v) is 16.7. The zero-order valence-electron chi connectivity index (χ0n) is 16.7. The van der Waals surface area contributed by atoms with Gasteiger partial charge in [0.05, 0.1) is 25.9 Å². The second-order valence-electron chi connectivity index (χ2n) is 8.98. The van der Waals surface area contributed by atoms with Gasteiger partial charge in [0, 0.05) is 30.7 Å². The summed E-state index contributed by atoms with van der Waals surface area (Å²) in [6.07, 6.45) is 2.11. The van der Waals surface area contributed by atoms with Crippen molar-refractivity contribution in [2.45, 2.75) is 44.5 Å². The molecule has 1 saturated heterocycles. The highest BCUT2D eigenvalue weighted by Crippen LogP contribution is 2.50. The number of benzene rings is 1. The van der Waals surface area contributed by atoms with Crippen LogP contribution in [0.1, 0.15) is 38.7 Å². The molecule has 0 unspecified atom stereocenters. The van der Waals surface area contributed by atoms with Crippen molar-refractivity contribution in [3.8, 4) is 5.75 Å². The first-order valence-corrected chi connectivity index (χ1v) is 9.48. The van der Waals surface area contributed by atoms with Crippen molar-refractivity contribution in [3.63, 3.8) is 0 Å². The highest BCUT2D eigenvalue weighted by molar-refractivity contribution is 5.34. The Kier molecular flexibility index (Phi) is 5.37.